The number of carbonyl (C=O) groups excluding carboxylic acids is 1. The lowest BCUT2D eigenvalue weighted by Crippen LogP contribution is -2.30. The molecule has 5 N–H and O–H groups in total. The Balaban J connectivity index is 1.73. The molecule has 0 aliphatic rings. The summed E-state index contributed by atoms with van der Waals surface area (Å²) in [5.74, 6) is 0.396. The highest BCUT2D eigenvalue weighted by Crippen LogP contribution is 2.26. The monoisotopic (exact) mass is 349 g/mol. The fourth-order valence-electron chi connectivity index (χ4n) is 2.46. The number of rotatable bonds is 5. The highest BCUT2D eigenvalue weighted by molar-refractivity contribution is 5.94. The van der Waals surface area contributed by atoms with Crippen LogP contribution in [0.5, 0.6) is 0 Å². The molecule has 0 spiro atoms. The Kier molecular flexibility index (Phi) is 4.93. The van der Waals surface area contributed by atoms with Crippen molar-refractivity contribution < 1.29 is 4.79 Å². The van der Waals surface area contributed by atoms with E-state index in [1.807, 2.05) is 26.0 Å². The summed E-state index contributed by atoms with van der Waals surface area (Å²) in [7, 11) is 0. The van der Waals surface area contributed by atoms with Crippen LogP contribution in [0.2, 0.25) is 0 Å². The maximum absolute atomic E-state index is 12.1. The lowest BCUT2D eigenvalue weighted by Gasteiger charge is -2.13. The molecule has 3 rings (SSSR count). The number of amides is 1. The molecule has 0 atom stereocenters. The molecule has 0 aliphatic carbocycles. The second-order valence-electron chi connectivity index (χ2n) is 5.81. The quantitative estimate of drug-likeness (QED) is 0.523. The average Bonchev–Trinajstić information content (AvgIpc) is 2.62. The van der Waals surface area contributed by atoms with Gasteiger partial charge >= 0.3 is 0 Å². The van der Waals surface area contributed by atoms with E-state index in [2.05, 4.69) is 37.2 Å². The van der Waals surface area contributed by atoms with Crippen LogP contribution in [0.15, 0.2) is 49.1 Å². The van der Waals surface area contributed by atoms with E-state index in [1.165, 1.54) is 12.5 Å². The minimum absolute atomic E-state index is 0.290. The molecule has 0 radical (unpaired) electrons. The number of nitrogens with two attached hydrogens (primary N) is 1. The van der Waals surface area contributed by atoms with E-state index >= 15 is 0 Å². The second-order valence-corrected chi connectivity index (χ2v) is 5.81. The fourth-order valence-corrected chi connectivity index (χ4v) is 2.46. The Morgan fingerprint density at radius 2 is 1.81 bits per heavy atom. The molecule has 2 aromatic heterocycles. The number of anilines is 4. The van der Waals surface area contributed by atoms with Crippen molar-refractivity contribution in [2.45, 2.75) is 13.8 Å². The Labute approximate surface area is 150 Å². The Hall–Kier alpha value is -3.68. The van der Waals surface area contributed by atoms with Gasteiger partial charge in [-0.2, -0.15) is 0 Å². The highest BCUT2D eigenvalue weighted by Gasteiger charge is 2.11. The van der Waals surface area contributed by atoms with Crippen molar-refractivity contribution in [3.63, 3.8) is 0 Å². The highest BCUT2D eigenvalue weighted by atomic mass is 16.2. The number of nitrogens with zero attached hydrogens (tertiary/aromatic N) is 3. The summed E-state index contributed by atoms with van der Waals surface area (Å²) in [6.45, 7) is 4.03. The molecule has 0 unspecified atom stereocenters. The first-order valence-electron chi connectivity index (χ1n) is 7.95. The molecule has 8 heteroatoms. The zero-order valence-corrected chi connectivity index (χ0v) is 14.4. The van der Waals surface area contributed by atoms with Gasteiger partial charge in [0.15, 0.2) is 11.6 Å². The molecule has 0 bridgehead atoms. The maximum Gasteiger partial charge on any atom is 0.271 e. The maximum atomic E-state index is 12.1. The first kappa shape index (κ1) is 17.2. The SMILES string of the molecule is Cc1cc(C)cc(Nc2ncnc(NNC(=O)c3cccnc3)c2N)c1. The van der Waals surface area contributed by atoms with Crippen LogP contribution in [-0.4, -0.2) is 20.9 Å². The third-order valence-corrected chi connectivity index (χ3v) is 3.59. The summed E-state index contributed by atoms with van der Waals surface area (Å²) in [5.41, 5.74) is 15.2. The second kappa shape index (κ2) is 7.47. The summed E-state index contributed by atoms with van der Waals surface area (Å²) in [6.07, 6.45) is 4.42. The van der Waals surface area contributed by atoms with Crippen LogP contribution in [0.25, 0.3) is 0 Å². The molecular formula is C18H19N7O. The van der Waals surface area contributed by atoms with Crippen LogP contribution in [0.1, 0.15) is 21.5 Å². The number of hydrazine groups is 1. The first-order chi connectivity index (χ1) is 12.5. The molecular weight excluding hydrogens is 330 g/mol. The van der Waals surface area contributed by atoms with Crippen LogP contribution < -0.4 is 21.9 Å². The van der Waals surface area contributed by atoms with Gasteiger partial charge in [-0.1, -0.05) is 6.07 Å². The van der Waals surface area contributed by atoms with Gasteiger partial charge in [0.2, 0.25) is 0 Å². The van der Waals surface area contributed by atoms with Gasteiger partial charge in [0, 0.05) is 18.1 Å². The van der Waals surface area contributed by atoms with Crippen molar-refractivity contribution >= 4 is 28.9 Å². The van der Waals surface area contributed by atoms with Gasteiger partial charge in [0.1, 0.15) is 12.0 Å². The van der Waals surface area contributed by atoms with Crippen molar-refractivity contribution in [3.05, 3.63) is 65.7 Å². The van der Waals surface area contributed by atoms with E-state index in [0.717, 1.165) is 16.8 Å². The third kappa shape index (κ3) is 4.04. The molecule has 1 aromatic carbocycles. The first-order valence-corrected chi connectivity index (χ1v) is 7.95. The number of pyridine rings is 1. The largest absolute Gasteiger partial charge is 0.393 e. The molecule has 0 fully saturated rings. The van der Waals surface area contributed by atoms with E-state index in [1.54, 1.807) is 18.3 Å². The normalized spacial score (nSPS) is 10.2. The van der Waals surface area contributed by atoms with Crippen molar-refractivity contribution in [3.8, 4) is 0 Å². The number of benzene rings is 1. The summed E-state index contributed by atoms with van der Waals surface area (Å²) < 4.78 is 0. The number of aryl methyl sites for hydroxylation is 2. The molecule has 1 amide bonds. The molecule has 0 aliphatic heterocycles. The molecule has 8 nitrogen and oxygen atoms in total. The fraction of sp³-hybridized carbons (Fsp3) is 0.111. The zero-order chi connectivity index (χ0) is 18.5. The summed E-state index contributed by atoms with van der Waals surface area (Å²) in [6, 6.07) is 9.40. The Bertz CT molecular complexity index is 908. The predicted octanol–water partition coefficient (Wildman–Crippen LogP) is 2.57. The van der Waals surface area contributed by atoms with Gasteiger partial charge in [-0.15, -0.1) is 0 Å². The van der Waals surface area contributed by atoms with Crippen LogP contribution in [0.4, 0.5) is 23.0 Å². The number of nitrogen functional groups attached to an aromatic ring is 1. The topological polar surface area (TPSA) is 118 Å². The van der Waals surface area contributed by atoms with Gasteiger partial charge < -0.3 is 11.1 Å². The van der Waals surface area contributed by atoms with Crippen molar-refractivity contribution in [1.82, 2.24) is 20.4 Å². The molecule has 2 heterocycles. The lowest BCUT2D eigenvalue weighted by atomic mass is 10.1. The van der Waals surface area contributed by atoms with Gasteiger partial charge in [-0.25, -0.2) is 9.97 Å². The summed E-state index contributed by atoms with van der Waals surface area (Å²) in [4.78, 5) is 24.2. The number of carbonyl (C=O) groups is 1. The zero-order valence-electron chi connectivity index (χ0n) is 14.4. The van der Waals surface area contributed by atoms with Crippen LogP contribution in [0.3, 0.4) is 0 Å². The summed E-state index contributed by atoms with van der Waals surface area (Å²) >= 11 is 0. The molecule has 0 saturated heterocycles. The lowest BCUT2D eigenvalue weighted by molar-refractivity contribution is 0.0962. The van der Waals surface area contributed by atoms with Crippen LogP contribution in [0, 0.1) is 13.8 Å². The van der Waals surface area contributed by atoms with Gasteiger partial charge in [-0.3, -0.25) is 20.6 Å². The van der Waals surface area contributed by atoms with Gasteiger partial charge in [-0.05, 0) is 49.2 Å². The molecule has 3 aromatic rings. The summed E-state index contributed by atoms with van der Waals surface area (Å²) in [5, 5.41) is 3.17. The van der Waals surface area contributed by atoms with E-state index in [9.17, 15) is 4.79 Å². The van der Waals surface area contributed by atoms with Crippen LogP contribution >= 0.6 is 0 Å². The molecule has 26 heavy (non-hydrogen) atoms. The van der Waals surface area contributed by atoms with Gasteiger partial charge in [0.25, 0.3) is 5.91 Å². The number of nitrogens with one attached hydrogen (secondary N) is 3. The molecule has 132 valence electrons. The predicted molar refractivity (Wildman–Crippen MR) is 101 cm³/mol. The van der Waals surface area contributed by atoms with E-state index in [-0.39, 0.29) is 11.6 Å². The minimum atomic E-state index is -0.347. The molecule has 0 saturated carbocycles. The van der Waals surface area contributed by atoms with E-state index < -0.39 is 0 Å². The van der Waals surface area contributed by atoms with Crippen LogP contribution in [-0.2, 0) is 0 Å². The number of hydrogen-bond acceptors (Lipinski definition) is 7. The van der Waals surface area contributed by atoms with Crippen molar-refractivity contribution in [2.24, 2.45) is 0 Å². The average molecular weight is 349 g/mol. The number of hydrogen-bond donors (Lipinski definition) is 4. The van der Waals surface area contributed by atoms with Crippen molar-refractivity contribution in [2.75, 3.05) is 16.5 Å². The minimum Gasteiger partial charge on any atom is -0.393 e. The Morgan fingerprint density at radius 1 is 1.08 bits per heavy atom. The van der Waals surface area contributed by atoms with E-state index in [4.69, 9.17) is 5.73 Å². The number of aromatic nitrogens is 3. The Morgan fingerprint density at radius 3 is 2.50 bits per heavy atom. The van der Waals surface area contributed by atoms with Crippen molar-refractivity contribution in [1.29, 1.82) is 0 Å². The van der Waals surface area contributed by atoms with E-state index in [0.29, 0.717) is 17.2 Å². The third-order valence-electron chi connectivity index (χ3n) is 3.59. The standard InChI is InChI=1S/C18H19N7O/c1-11-6-12(2)8-14(7-11)23-16-15(19)17(22-10-21-16)24-25-18(26)13-4-3-5-20-9-13/h3-10H,19H2,1-2H3,(H,25,26)(H2,21,22,23,24). The van der Waals surface area contributed by atoms with Gasteiger partial charge in [0.05, 0.1) is 5.56 Å². The smallest absolute Gasteiger partial charge is 0.271 e.